The highest BCUT2D eigenvalue weighted by molar-refractivity contribution is 9.10. The summed E-state index contributed by atoms with van der Waals surface area (Å²) < 4.78 is 8.46. The van der Waals surface area contributed by atoms with Crippen LogP contribution >= 0.6 is 39.3 Å². The maximum absolute atomic E-state index is 12.7. The summed E-state index contributed by atoms with van der Waals surface area (Å²) in [6, 6.07) is 20.9. The van der Waals surface area contributed by atoms with E-state index in [2.05, 4.69) is 31.4 Å². The fraction of sp³-hybridized carbons (Fsp3) is 0.160. The summed E-state index contributed by atoms with van der Waals surface area (Å²) in [6.45, 7) is 4.49. The van der Waals surface area contributed by atoms with E-state index in [1.807, 2.05) is 85.1 Å². The molecule has 0 unspecified atom stereocenters. The number of ether oxygens (including phenoxy) is 1. The zero-order valence-electron chi connectivity index (χ0n) is 18.6. The number of amides is 1. The lowest BCUT2D eigenvalue weighted by Gasteiger charge is -2.12. The first-order valence-corrected chi connectivity index (χ1v) is 12.7. The van der Waals surface area contributed by atoms with Crippen LogP contribution in [0, 0.1) is 6.92 Å². The van der Waals surface area contributed by atoms with Gasteiger partial charge in [0.1, 0.15) is 5.75 Å². The molecule has 6 nitrogen and oxygen atoms in total. The van der Waals surface area contributed by atoms with E-state index in [1.165, 1.54) is 11.8 Å². The Morgan fingerprint density at radius 2 is 1.91 bits per heavy atom. The Balaban J connectivity index is 1.61. The molecule has 0 spiro atoms. The number of anilines is 1. The van der Waals surface area contributed by atoms with Gasteiger partial charge in [0.05, 0.1) is 12.4 Å². The van der Waals surface area contributed by atoms with Gasteiger partial charge in [0.15, 0.2) is 11.0 Å². The minimum Gasteiger partial charge on any atom is -0.494 e. The molecule has 1 aromatic heterocycles. The number of hydrogen-bond acceptors (Lipinski definition) is 5. The number of carbonyl (C=O) groups is 1. The molecule has 0 radical (unpaired) electrons. The van der Waals surface area contributed by atoms with Gasteiger partial charge in [-0.3, -0.25) is 9.36 Å². The van der Waals surface area contributed by atoms with Crippen LogP contribution in [0.5, 0.6) is 5.75 Å². The number of aryl methyl sites for hydroxylation is 1. The largest absolute Gasteiger partial charge is 0.494 e. The van der Waals surface area contributed by atoms with E-state index in [-0.39, 0.29) is 11.7 Å². The normalized spacial score (nSPS) is 10.8. The minimum atomic E-state index is -0.124. The summed E-state index contributed by atoms with van der Waals surface area (Å²) in [7, 11) is 0. The number of halogens is 2. The first kappa shape index (κ1) is 24.3. The predicted molar refractivity (Wildman–Crippen MR) is 141 cm³/mol. The molecule has 4 aromatic rings. The molecular formula is C25H22BrClN4O2S. The molecule has 34 heavy (non-hydrogen) atoms. The first-order chi connectivity index (χ1) is 16.4. The van der Waals surface area contributed by atoms with Gasteiger partial charge in [-0.2, -0.15) is 0 Å². The van der Waals surface area contributed by atoms with Crippen molar-refractivity contribution in [3.63, 3.8) is 0 Å². The molecule has 174 valence electrons. The Bertz CT molecular complexity index is 1310. The summed E-state index contributed by atoms with van der Waals surface area (Å²) in [5.41, 5.74) is 3.45. The van der Waals surface area contributed by atoms with Gasteiger partial charge < -0.3 is 10.1 Å². The van der Waals surface area contributed by atoms with Crippen molar-refractivity contribution in [1.82, 2.24) is 14.8 Å². The fourth-order valence-corrected chi connectivity index (χ4v) is 4.77. The zero-order valence-corrected chi connectivity index (χ0v) is 21.7. The van der Waals surface area contributed by atoms with Crippen LogP contribution < -0.4 is 10.1 Å². The number of nitrogens with one attached hydrogen (secondary N) is 1. The van der Waals surface area contributed by atoms with Gasteiger partial charge in [0.25, 0.3) is 0 Å². The fourth-order valence-electron chi connectivity index (χ4n) is 3.35. The van der Waals surface area contributed by atoms with Crippen LogP contribution in [0.25, 0.3) is 17.1 Å². The van der Waals surface area contributed by atoms with Crippen molar-refractivity contribution in [1.29, 1.82) is 0 Å². The first-order valence-electron chi connectivity index (χ1n) is 10.6. The quantitative estimate of drug-likeness (QED) is 0.242. The summed E-state index contributed by atoms with van der Waals surface area (Å²) >= 11 is 11.0. The molecule has 1 amide bonds. The van der Waals surface area contributed by atoms with E-state index in [9.17, 15) is 4.79 Å². The van der Waals surface area contributed by atoms with Crippen LogP contribution in [-0.4, -0.2) is 33.0 Å². The molecule has 0 saturated carbocycles. The third-order valence-corrected chi connectivity index (χ3v) is 6.57. The van der Waals surface area contributed by atoms with Gasteiger partial charge in [0, 0.05) is 26.4 Å². The number of aromatic nitrogens is 3. The molecular weight excluding hydrogens is 536 g/mol. The lowest BCUT2D eigenvalue weighted by atomic mass is 10.2. The number of carbonyl (C=O) groups excluding carboxylic acids is 1. The average Bonchev–Trinajstić information content (AvgIpc) is 3.24. The van der Waals surface area contributed by atoms with E-state index in [0.717, 1.165) is 32.7 Å². The molecule has 9 heteroatoms. The molecule has 0 aliphatic heterocycles. The van der Waals surface area contributed by atoms with Crippen LogP contribution in [0.2, 0.25) is 5.02 Å². The van der Waals surface area contributed by atoms with Crippen LogP contribution in [0.15, 0.2) is 76.4 Å². The maximum Gasteiger partial charge on any atom is 0.234 e. The van der Waals surface area contributed by atoms with E-state index in [4.69, 9.17) is 16.3 Å². The van der Waals surface area contributed by atoms with E-state index < -0.39 is 0 Å². The summed E-state index contributed by atoms with van der Waals surface area (Å²) in [4.78, 5) is 12.7. The third-order valence-electron chi connectivity index (χ3n) is 4.92. The Morgan fingerprint density at radius 1 is 1.12 bits per heavy atom. The van der Waals surface area contributed by atoms with Crippen molar-refractivity contribution in [2.24, 2.45) is 0 Å². The van der Waals surface area contributed by atoms with Crippen molar-refractivity contribution in [3.8, 4) is 22.8 Å². The lowest BCUT2D eigenvalue weighted by Crippen LogP contribution is -2.15. The molecule has 1 N–H and O–H groups in total. The second kappa shape index (κ2) is 11.1. The minimum absolute atomic E-state index is 0.124. The molecule has 0 saturated heterocycles. The average molecular weight is 558 g/mol. The molecule has 0 aliphatic carbocycles. The Morgan fingerprint density at radius 3 is 2.62 bits per heavy atom. The van der Waals surface area contributed by atoms with Crippen LogP contribution in [0.4, 0.5) is 5.69 Å². The molecule has 0 fully saturated rings. The smallest absolute Gasteiger partial charge is 0.234 e. The Hall–Kier alpha value is -2.81. The Kier molecular flexibility index (Phi) is 7.92. The second-order valence-electron chi connectivity index (χ2n) is 7.37. The maximum atomic E-state index is 12.7. The number of nitrogens with zero attached hydrogens (tertiary/aromatic N) is 3. The molecule has 0 bridgehead atoms. The van der Waals surface area contributed by atoms with Gasteiger partial charge >= 0.3 is 0 Å². The third kappa shape index (κ3) is 5.81. The predicted octanol–water partition coefficient (Wildman–Crippen LogP) is 6.79. The summed E-state index contributed by atoms with van der Waals surface area (Å²) in [5, 5.41) is 13.0. The standard InChI is InChI=1S/C25H22BrClN4O2S/c1-3-33-21-10-8-20(9-11-21)31-24(17-5-4-6-19(27)14-17)29-30-25(31)34-15-23(32)28-22-12-7-18(26)13-16(22)2/h4-14H,3,15H2,1-2H3,(H,28,32). The van der Waals surface area contributed by atoms with Crippen LogP contribution in [0.1, 0.15) is 12.5 Å². The van der Waals surface area contributed by atoms with Crippen LogP contribution in [0.3, 0.4) is 0 Å². The van der Waals surface area contributed by atoms with Crippen molar-refractivity contribution >= 4 is 50.9 Å². The van der Waals surface area contributed by atoms with Gasteiger partial charge in [0.2, 0.25) is 5.91 Å². The number of thioether (sulfide) groups is 1. The molecule has 0 aliphatic rings. The molecule has 1 heterocycles. The number of rotatable bonds is 8. The second-order valence-corrected chi connectivity index (χ2v) is 9.67. The summed E-state index contributed by atoms with van der Waals surface area (Å²) in [6.07, 6.45) is 0. The molecule has 0 atom stereocenters. The number of benzene rings is 3. The van der Waals surface area contributed by atoms with Gasteiger partial charge in [-0.15, -0.1) is 10.2 Å². The molecule has 3 aromatic carbocycles. The van der Waals surface area contributed by atoms with Crippen molar-refractivity contribution in [3.05, 3.63) is 81.8 Å². The molecule has 4 rings (SSSR count). The van der Waals surface area contributed by atoms with Crippen LogP contribution in [-0.2, 0) is 4.79 Å². The zero-order chi connectivity index (χ0) is 24.1. The van der Waals surface area contributed by atoms with E-state index in [0.29, 0.717) is 22.6 Å². The van der Waals surface area contributed by atoms with Gasteiger partial charge in [-0.25, -0.2) is 0 Å². The highest BCUT2D eigenvalue weighted by Crippen LogP contribution is 2.30. The highest BCUT2D eigenvalue weighted by Gasteiger charge is 2.18. The topological polar surface area (TPSA) is 69.0 Å². The van der Waals surface area contributed by atoms with E-state index in [1.54, 1.807) is 0 Å². The highest BCUT2D eigenvalue weighted by atomic mass is 79.9. The SMILES string of the molecule is CCOc1ccc(-n2c(SCC(=O)Nc3ccc(Br)cc3C)nnc2-c2cccc(Cl)c2)cc1. The monoisotopic (exact) mass is 556 g/mol. The van der Waals surface area contributed by atoms with Gasteiger partial charge in [-0.1, -0.05) is 51.4 Å². The van der Waals surface area contributed by atoms with Crippen molar-refractivity contribution in [2.45, 2.75) is 19.0 Å². The van der Waals surface area contributed by atoms with Crippen molar-refractivity contribution in [2.75, 3.05) is 17.7 Å². The number of hydrogen-bond donors (Lipinski definition) is 1. The summed E-state index contributed by atoms with van der Waals surface area (Å²) in [5.74, 6) is 1.47. The van der Waals surface area contributed by atoms with Crippen molar-refractivity contribution < 1.29 is 9.53 Å². The Labute approximate surface area is 215 Å². The lowest BCUT2D eigenvalue weighted by molar-refractivity contribution is -0.113. The van der Waals surface area contributed by atoms with E-state index >= 15 is 0 Å². The van der Waals surface area contributed by atoms with Gasteiger partial charge in [-0.05, 0) is 74.0 Å².